The van der Waals surface area contributed by atoms with Gasteiger partial charge in [-0.15, -0.1) is 0 Å². The Hall–Kier alpha value is -2.51. The number of nitrogens with one attached hydrogen (secondary N) is 3. The minimum atomic E-state index is 0.422. The molecule has 2 atom stereocenters. The summed E-state index contributed by atoms with van der Waals surface area (Å²) in [6.45, 7) is 3.13. The second-order valence-electron chi connectivity index (χ2n) is 6.75. The van der Waals surface area contributed by atoms with E-state index < -0.39 is 0 Å². The molecule has 128 valence electrons. The molecule has 1 unspecified atom stereocenters. The molecule has 7 nitrogen and oxygen atoms in total. The summed E-state index contributed by atoms with van der Waals surface area (Å²) in [7, 11) is 0. The fourth-order valence-electron chi connectivity index (χ4n) is 3.41. The molecule has 7 heteroatoms. The molecule has 2 aliphatic rings. The number of hydrogen-bond donors (Lipinski definition) is 3. The van der Waals surface area contributed by atoms with E-state index in [1.807, 2.05) is 18.5 Å². The molecule has 0 aliphatic carbocycles. The van der Waals surface area contributed by atoms with E-state index in [0.29, 0.717) is 17.9 Å². The molecule has 2 aliphatic heterocycles. The SMILES string of the molecule is c1cc(N[C@H]2CCCNC2)nc(-c2cnc3ccc(C4CN4)cn23)n1. The van der Waals surface area contributed by atoms with E-state index in [4.69, 9.17) is 4.98 Å². The van der Waals surface area contributed by atoms with Crippen LogP contribution in [-0.2, 0) is 0 Å². The lowest BCUT2D eigenvalue weighted by atomic mass is 10.1. The monoisotopic (exact) mass is 335 g/mol. The maximum atomic E-state index is 4.72. The van der Waals surface area contributed by atoms with Gasteiger partial charge in [-0.1, -0.05) is 6.07 Å². The van der Waals surface area contributed by atoms with Gasteiger partial charge in [-0.2, -0.15) is 0 Å². The Kier molecular flexibility index (Phi) is 3.61. The topological polar surface area (TPSA) is 89.1 Å². The minimum Gasteiger partial charge on any atom is -0.366 e. The van der Waals surface area contributed by atoms with Gasteiger partial charge in [-0.05, 0) is 37.1 Å². The molecular formula is C18H21N7. The summed E-state index contributed by atoms with van der Waals surface area (Å²) in [6, 6.07) is 7.00. The number of fused-ring (bicyclic) bond motifs is 1. The van der Waals surface area contributed by atoms with E-state index in [1.165, 1.54) is 18.4 Å². The molecule has 2 fully saturated rings. The van der Waals surface area contributed by atoms with Crippen molar-refractivity contribution in [2.75, 3.05) is 25.0 Å². The highest BCUT2D eigenvalue weighted by atomic mass is 15.1. The highest BCUT2D eigenvalue weighted by Crippen LogP contribution is 2.25. The molecule has 0 saturated carbocycles. The summed E-state index contributed by atoms with van der Waals surface area (Å²) < 4.78 is 2.08. The summed E-state index contributed by atoms with van der Waals surface area (Å²) in [5.74, 6) is 1.57. The van der Waals surface area contributed by atoms with Gasteiger partial charge in [-0.25, -0.2) is 15.0 Å². The van der Waals surface area contributed by atoms with Crippen LogP contribution in [0.15, 0.2) is 36.8 Å². The van der Waals surface area contributed by atoms with Gasteiger partial charge in [0.15, 0.2) is 5.82 Å². The number of pyridine rings is 1. The highest BCUT2D eigenvalue weighted by molar-refractivity contribution is 5.59. The number of rotatable bonds is 4. The molecule has 3 aromatic rings. The molecule has 0 aromatic carbocycles. The first-order valence-electron chi connectivity index (χ1n) is 8.88. The zero-order valence-electron chi connectivity index (χ0n) is 13.9. The van der Waals surface area contributed by atoms with Crippen molar-refractivity contribution in [3.8, 4) is 11.5 Å². The van der Waals surface area contributed by atoms with Crippen molar-refractivity contribution in [1.29, 1.82) is 0 Å². The normalized spacial score (nSPS) is 22.9. The Morgan fingerprint density at radius 2 is 2.12 bits per heavy atom. The van der Waals surface area contributed by atoms with Crippen molar-refractivity contribution in [3.63, 3.8) is 0 Å². The van der Waals surface area contributed by atoms with Crippen LogP contribution >= 0.6 is 0 Å². The summed E-state index contributed by atoms with van der Waals surface area (Å²) in [6.07, 6.45) is 8.16. The first-order chi connectivity index (χ1) is 12.4. The van der Waals surface area contributed by atoms with Crippen molar-refractivity contribution in [2.24, 2.45) is 0 Å². The van der Waals surface area contributed by atoms with Crippen molar-refractivity contribution in [2.45, 2.75) is 24.9 Å². The lowest BCUT2D eigenvalue weighted by Crippen LogP contribution is -2.38. The van der Waals surface area contributed by atoms with Crippen molar-refractivity contribution in [3.05, 3.63) is 42.4 Å². The van der Waals surface area contributed by atoms with E-state index in [2.05, 4.69) is 48.6 Å². The van der Waals surface area contributed by atoms with E-state index in [-0.39, 0.29) is 0 Å². The predicted molar refractivity (Wildman–Crippen MR) is 96.5 cm³/mol. The van der Waals surface area contributed by atoms with Gasteiger partial charge in [-0.3, -0.25) is 4.40 Å². The van der Waals surface area contributed by atoms with Crippen molar-refractivity contribution in [1.82, 2.24) is 30.0 Å². The third-order valence-corrected chi connectivity index (χ3v) is 4.87. The van der Waals surface area contributed by atoms with Crippen LogP contribution in [0.4, 0.5) is 5.82 Å². The molecule has 2 saturated heterocycles. The molecule has 3 N–H and O–H groups in total. The largest absolute Gasteiger partial charge is 0.366 e. The Bertz CT molecular complexity index is 893. The molecule has 0 bridgehead atoms. The average Bonchev–Trinajstić information content (AvgIpc) is 3.42. The van der Waals surface area contributed by atoms with E-state index in [0.717, 1.165) is 36.8 Å². The fourth-order valence-corrected chi connectivity index (χ4v) is 3.41. The van der Waals surface area contributed by atoms with Crippen LogP contribution in [0.3, 0.4) is 0 Å². The maximum absolute atomic E-state index is 4.72. The number of aromatic nitrogens is 4. The Balaban J connectivity index is 1.47. The summed E-state index contributed by atoms with van der Waals surface area (Å²) in [5, 5.41) is 10.3. The van der Waals surface area contributed by atoms with Crippen molar-refractivity contribution >= 4 is 11.5 Å². The van der Waals surface area contributed by atoms with Crippen LogP contribution in [0.25, 0.3) is 17.2 Å². The van der Waals surface area contributed by atoms with Gasteiger partial charge in [0.2, 0.25) is 0 Å². The third-order valence-electron chi connectivity index (χ3n) is 4.87. The first-order valence-corrected chi connectivity index (χ1v) is 8.88. The van der Waals surface area contributed by atoms with E-state index >= 15 is 0 Å². The molecule has 3 aromatic heterocycles. The van der Waals surface area contributed by atoms with E-state index in [9.17, 15) is 0 Å². The lowest BCUT2D eigenvalue weighted by molar-refractivity contribution is 0.479. The van der Waals surface area contributed by atoms with Crippen LogP contribution in [0, 0.1) is 0 Å². The van der Waals surface area contributed by atoms with Crippen LogP contribution in [0.5, 0.6) is 0 Å². The number of hydrogen-bond acceptors (Lipinski definition) is 6. The second-order valence-corrected chi connectivity index (χ2v) is 6.75. The van der Waals surface area contributed by atoms with Gasteiger partial charge in [0.05, 0.1) is 6.20 Å². The Morgan fingerprint density at radius 1 is 1.16 bits per heavy atom. The standard InChI is InChI=1S/C18H21N7/c1-2-13(8-19-6-1)23-16-5-7-20-18(24-16)15-10-22-17-4-3-12(11-25(15)17)14-9-21-14/h3-5,7,10-11,13-14,19,21H,1-2,6,8-9H2,(H,20,23,24)/t13-,14?/m0/s1. The molecule has 0 spiro atoms. The molecule has 0 amide bonds. The van der Waals surface area contributed by atoms with Gasteiger partial charge in [0.1, 0.15) is 17.2 Å². The van der Waals surface area contributed by atoms with Crippen LogP contribution in [-0.4, -0.2) is 45.0 Å². The van der Waals surface area contributed by atoms with Crippen LogP contribution in [0.1, 0.15) is 24.4 Å². The van der Waals surface area contributed by atoms with Gasteiger partial charge < -0.3 is 16.0 Å². The van der Waals surface area contributed by atoms with Crippen LogP contribution in [0.2, 0.25) is 0 Å². The predicted octanol–water partition coefficient (Wildman–Crippen LogP) is 1.60. The molecule has 25 heavy (non-hydrogen) atoms. The number of imidazole rings is 1. The molecule has 5 rings (SSSR count). The smallest absolute Gasteiger partial charge is 0.180 e. The Labute approximate surface area is 145 Å². The first kappa shape index (κ1) is 14.8. The summed E-state index contributed by atoms with van der Waals surface area (Å²) >= 11 is 0. The Morgan fingerprint density at radius 3 is 2.96 bits per heavy atom. The zero-order valence-corrected chi connectivity index (χ0v) is 13.9. The summed E-state index contributed by atoms with van der Waals surface area (Å²) in [5.41, 5.74) is 3.11. The molecule has 0 radical (unpaired) electrons. The highest BCUT2D eigenvalue weighted by Gasteiger charge is 2.23. The average molecular weight is 335 g/mol. The van der Waals surface area contributed by atoms with Crippen molar-refractivity contribution < 1.29 is 0 Å². The van der Waals surface area contributed by atoms with Gasteiger partial charge >= 0.3 is 0 Å². The maximum Gasteiger partial charge on any atom is 0.180 e. The number of anilines is 1. The van der Waals surface area contributed by atoms with Gasteiger partial charge in [0, 0.05) is 37.6 Å². The van der Waals surface area contributed by atoms with Gasteiger partial charge in [0.25, 0.3) is 0 Å². The van der Waals surface area contributed by atoms with E-state index in [1.54, 1.807) is 0 Å². The lowest BCUT2D eigenvalue weighted by Gasteiger charge is -2.24. The number of piperidine rings is 1. The molecular weight excluding hydrogens is 314 g/mol. The zero-order chi connectivity index (χ0) is 16.6. The minimum absolute atomic E-state index is 0.422. The quantitative estimate of drug-likeness (QED) is 0.628. The second kappa shape index (κ2) is 6.09. The molecule has 5 heterocycles. The van der Waals surface area contributed by atoms with Crippen LogP contribution < -0.4 is 16.0 Å². The summed E-state index contributed by atoms with van der Waals surface area (Å²) in [4.78, 5) is 13.7. The number of nitrogens with zero attached hydrogens (tertiary/aromatic N) is 4. The third kappa shape index (κ3) is 2.96. The fraction of sp³-hybridized carbons (Fsp3) is 0.389.